The van der Waals surface area contributed by atoms with Crippen molar-refractivity contribution in [3.8, 4) is 0 Å². The third-order valence-corrected chi connectivity index (χ3v) is 6.76. The molecule has 3 amide bonds. The van der Waals surface area contributed by atoms with Gasteiger partial charge in [-0.3, -0.25) is 24.1 Å². The number of carbonyl (C=O) groups excluding carboxylic acids is 5. The summed E-state index contributed by atoms with van der Waals surface area (Å²) in [6.07, 6.45) is 3.55. The van der Waals surface area contributed by atoms with Gasteiger partial charge in [-0.2, -0.15) is 0 Å². The van der Waals surface area contributed by atoms with E-state index < -0.39 is 24.5 Å². The third kappa shape index (κ3) is 4.77. The minimum atomic E-state index is -0.653. The first-order valence-corrected chi connectivity index (χ1v) is 11.5. The van der Waals surface area contributed by atoms with Crippen LogP contribution in [0.4, 0.5) is 5.69 Å². The Morgan fingerprint density at radius 3 is 2.24 bits per heavy atom. The van der Waals surface area contributed by atoms with Gasteiger partial charge in [-0.25, -0.2) is 4.79 Å². The molecule has 0 unspecified atom stereocenters. The second kappa shape index (κ2) is 9.72. The molecule has 1 saturated heterocycles. The summed E-state index contributed by atoms with van der Waals surface area (Å²) in [4.78, 5) is 62.4. The summed E-state index contributed by atoms with van der Waals surface area (Å²) in [5.74, 6) is -1.77. The Balaban J connectivity index is 1.19. The van der Waals surface area contributed by atoms with Gasteiger partial charge in [0.05, 0.1) is 30.4 Å². The number of carbonyl (C=O) groups is 5. The Kier molecular flexibility index (Phi) is 6.76. The summed E-state index contributed by atoms with van der Waals surface area (Å²) >= 11 is 0. The van der Waals surface area contributed by atoms with Crippen molar-refractivity contribution in [2.45, 2.75) is 39.0 Å². The number of nitrogens with one attached hydrogen (secondary N) is 1. The summed E-state index contributed by atoms with van der Waals surface area (Å²) < 4.78 is 10.0. The van der Waals surface area contributed by atoms with Crippen LogP contribution < -0.4 is 5.32 Å². The van der Waals surface area contributed by atoms with Gasteiger partial charge in [-0.1, -0.05) is 6.92 Å². The highest BCUT2D eigenvalue weighted by Crippen LogP contribution is 2.56. The molecule has 0 radical (unpaired) electrons. The Morgan fingerprint density at radius 2 is 1.64 bits per heavy atom. The van der Waals surface area contributed by atoms with Crippen LogP contribution in [0.2, 0.25) is 0 Å². The average molecular weight is 456 g/mol. The lowest BCUT2D eigenvalue weighted by atomic mass is 9.81. The maximum absolute atomic E-state index is 12.6. The van der Waals surface area contributed by atoms with Crippen LogP contribution in [0.5, 0.6) is 0 Å². The van der Waals surface area contributed by atoms with Gasteiger partial charge in [-0.05, 0) is 61.8 Å². The number of rotatable bonds is 9. The summed E-state index contributed by atoms with van der Waals surface area (Å²) in [5.41, 5.74) is 0.813. The van der Waals surface area contributed by atoms with Gasteiger partial charge < -0.3 is 14.8 Å². The minimum Gasteiger partial charge on any atom is -0.462 e. The second-order valence-electron chi connectivity index (χ2n) is 8.89. The van der Waals surface area contributed by atoms with Gasteiger partial charge in [0.25, 0.3) is 5.91 Å². The Hall–Kier alpha value is -3.23. The van der Waals surface area contributed by atoms with Gasteiger partial charge in [0.15, 0.2) is 6.61 Å². The number of benzene rings is 1. The van der Waals surface area contributed by atoms with Crippen LogP contribution in [0, 0.1) is 23.7 Å². The molecule has 3 fully saturated rings. The zero-order valence-corrected chi connectivity index (χ0v) is 18.6. The molecule has 176 valence electrons. The van der Waals surface area contributed by atoms with Crippen molar-refractivity contribution in [1.29, 1.82) is 0 Å². The van der Waals surface area contributed by atoms with Crippen LogP contribution in [0.3, 0.4) is 0 Å². The number of ether oxygens (including phenoxy) is 2. The van der Waals surface area contributed by atoms with E-state index in [1.165, 1.54) is 17.0 Å². The number of anilines is 1. The van der Waals surface area contributed by atoms with E-state index in [2.05, 4.69) is 5.32 Å². The molecule has 33 heavy (non-hydrogen) atoms. The average Bonchev–Trinajstić information content (AvgIpc) is 3.49. The molecule has 1 aromatic carbocycles. The van der Waals surface area contributed by atoms with E-state index in [-0.39, 0.29) is 36.6 Å². The van der Waals surface area contributed by atoms with Crippen LogP contribution in [-0.4, -0.2) is 54.3 Å². The number of amides is 3. The monoisotopic (exact) mass is 456 g/mol. The largest absolute Gasteiger partial charge is 0.462 e. The molecule has 4 rings (SSSR count). The van der Waals surface area contributed by atoms with Crippen molar-refractivity contribution in [3.63, 3.8) is 0 Å². The van der Waals surface area contributed by atoms with Gasteiger partial charge >= 0.3 is 11.9 Å². The Bertz CT molecular complexity index is 930. The number of likely N-dealkylation sites (tertiary alicyclic amines) is 1. The number of imide groups is 1. The van der Waals surface area contributed by atoms with E-state index in [9.17, 15) is 24.0 Å². The standard InChI is InChI=1S/C24H28N2O7/c1-2-11-32-24(31)14-5-7-17(8-6-14)25-18(27)13-33-19(28)9-10-26-22(29)20-15-3-4-16(12-15)21(20)23(26)30/h5-8,15-16,20-21H,2-4,9-13H2,1H3,(H,25,27)/t15-,16-,20-,21+/m0/s1. The quantitative estimate of drug-likeness (QED) is 0.447. The zero-order valence-electron chi connectivity index (χ0n) is 18.6. The van der Waals surface area contributed by atoms with E-state index in [0.717, 1.165) is 25.7 Å². The fraction of sp³-hybridized carbons (Fsp3) is 0.542. The number of esters is 2. The van der Waals surface area contributed by atoms with E-state index in [1.807, 2.05) is 6.92 Å². The number of hydrogen-bond acceptors (Lipinski definition) is 7. The van der Waals surface area contributed by atoms with E-state index in [1.54, 1.807) is 12.1 Å². The number of hydrogen-bond donors (Lipinski definition) is 1. The van der Waals surface area contributed by atoms with E-state index >= 15 is 0 Å². The third-order valence-electron chi connectivity index (χ3n) is 6.76. The molecular formula is C24H28N2O7. The smallest absolute Gasteiger partial charge is 0.338 e. The first-order valence-electron chi connectivity index (χ1n) is 11.5. The first-order chi connectivity index (χ1) is 15.9. The minimum absolute atomic E-state index is 0.0137. The molecule has 0 spiro atoms. The van der Waals surface area contributed by atoms with Gasteiger partial charge in [0, 0.05) is 12.2 Å². The molecule has 2 bridgehead atoms. The molecule has 1 heterocycles. The molecule has 1 aromatic rings. The molecule has 9 nitrogen and oxygen atoms in total. The van der Waals surface area contributed by atoms with Crippen LogP contribution in [0.1, 0.15) is 49.4 Å². The van der Waals surface area contributed by atoms with Crippen molar-refractivity contribution in [2.24, 2.45) is 23.7 Å². The number of fused-ring (bicyclic) bond motifs is 5. The SMILES string of the molecule is CCCOC(=O)c1ccc(NC(=O)COC(=O)CCN2C(=O)[C@@H]3[C@H]4CC[C@@H](C4)[C@@H]3C2=O)cc1. The van der Waals surface area contributed by atoms with E-state index in [0.29, 0.717) is 29.7 Å². The van der Waals surface area contributed by atoms with Crippen molar-refractivity contribution in [2.75, 3.05) is 25.1 Å². The topological polar surface area (TPSA) is 119 Å². The van der Waals surface area contributed by atoms with Crippen LogP contribution >= 0.6 is 0 Å². The molecule has 9 heteroatoms. The molecule has 0 aromatic heterocycles. The van der Waals surface area contributed by atoms with Crippen molar-refractivity contribution < 1.29 is 33.4 Å². The Morgan fingerprint density at radius 1 is 1.00 bits per heavy atom. The predicted octanol–water partition coefficient (Wildman–Crippen LogP) is 2.16. The molecule has 2 aliphatic carbocycles. The summed E-state index contributed by atoms with van der Waals surface area (Å²) in [7, 11) is 0. The van der Waals surface area contributed by atoms with Crippen LogP contribution in [0.15, 0.2) is 24.3 Å². The summed E-state index contributed by atoms with van der Waals surface area (Å²) in [5, 5.41) is 2.57. The highest BCUT2D eigenvalue weighted by molar-refractivity contribution is 6.06. The molecule has 4 atom stereocenters. The normalized spacial score (nSPS) is 25.2. The zero-order chi connectivity index (χ0) is 23.5. The highest BCUT2D eigenvalue weighted by Gasteiger charge is 2.60. The Labute approximate surface area is 191 Å². The summed E-state index contributed by atoms with van der Waals surface area (Å²) in [6, 6.07) is 6.17. The summed E-state index contributed by atoms with van der Waals surface area (Å²) in [6.45, 7) is 1.74. The van der Waals surface area contributed by atoms with Gasteiger partial charge in [0.2, 0.25) is 11.8 Å². The molecular weight excluding hydrogens is 428 g/mol. The fourth-order valence-electron chi connectivity index (χ4n) is 5.28. The second-order valence-corrected chi connectivity index (χ2v) is 8.89. The fourth-order valence-corrected chi connectivity index (χ4v) is 5.28. The lowest BCUT2D eigenvalue weighted by Crippen LogP contribution is -2.35. The van der Waals surface area contributed by atoms with Gasteiger partial charge in [-0.15, -0.1) is 0 Å². The maximum atomic E-state index is 12.6. The lowest BCUT2D eigenvalue weighted by Gasteiger charge is -2.19. The van der Waals surface area contributed by atoms with E-state index in [4.69, 9.17) is 9.47 Å². The van der Waals surface area contributed by atoms with Crippen molar-refractivity contribution in [3.05, 3.63) is 29.8 Å². The first kappa shape index (κ1) is 22.9. The lowest BCUT2D eigenvalue weighted by molar-refractivity contribution is -0.149. The predicted molar refractivity (Wildman–Crippen MR) is 116 cm³/mol. The molecule has 1 aliphatic heterocycles. The molecule has 2 saturated carbocycles. The molecule has 1 N–H and O–H groups in total. The van der Waals surface area contributed by atoms with Gasteiger partial charge in [0.1, 0.15) is 0 Å². The van der Waals surface area contributed by atoms with Crippen molar-refractivity contribution >= 4 is 35.3 Å². The maximum Gasteiger partial charge on any atom is 0.338 e. The molecule has 3 aliphatic rings. The van der Waals surface area contributed by atoms with Crippen LogP contribution in [0.25, 0.3) is 0 Å². The highest BCUT2D eigenvalue weighted by atomic mass is 16.5. The van der Waals surface area contributed by atoms with Crippen molar-refractivity contribution in [1.82, 2.24) is 4.90 Å². The van der Waals surface area contributed by atoms with Crippen LogP contribution in [-0.2, 0) is 28.7 Å². The number of nitrogens with zero attached hydrogens (tertiary/aromatic N) is 1.